The summed E-state index contributed by atoms with van der Waals surface area (Å²) in [4.78, 5) is 13.0. The lowest BCUT2D eigenvalue weighted by Gasteiger charge is -2.38. The fourth-order valence-electron chi connectivity index (χ4n) is 4.82. The summed E-state index contributed by atoms with van der Waals surface area (Å²) in [7, 11) is -2.14. The summed E-state index contributed by atoms with van der Waals surface area (Å²) in [5, 5.41) is 3.24. The third-order valence-corrected chi connectivity index (χ3v) is 9.05. The molecule has 1 saturated heterocycles. The van der Waals surface area contributed by atoms with Gasteiger partial charge >= 0.3 is 10.2 Å². The predicted molar refractivity (Wildman–Crippen MR) is 123 cm³/mol. The van der Waals surface area contributed by atoms with Crippen molar-refractivity contribution in [2.45, 2.75) is 58.9 Å². The first-order valence-electron chi connectivity index (χ1n) is 11.5. The van der Waals surface area contributed by atoms with Gasteiger partial charge in [0, 0.05) is 25.7 Å². The Labute approximate surface area is 187 Å². The minimum Gasteiger partial charge on any atom is -0.497 e. The highest BCUT2D eigenvalue weighted by molar-refractivity contribution is 7.90. The average molecular weight is 452 g/mol. The Bertz CT molecular complexity index is 843. The van der Waals surface area contributed by atoms with Gasteiger partial charge in [-0.15, -0.1) is 0 Å². The van der Waals surface area contributed by atoms with Crippen LogP contribution in [0.15, 0.2) is 24.3 Å². The summed E-state index contributed by atoms with van der Waals surface area (Å²) in [5.74, 6) is 1.43. The molecular formula is C23H37N3O4S. The molecule has 1 heterocycles. The van der Waals surface area contributed by atoms with Gasteiger partial charge in [0.05, 0.1) is 18.7 Å². The molecule has 4 unspecified atom stereocenters. The van der Waals surface area contributed by atoms with E-state index in [1.54, 1.807) is 31.4 Å². The molecule has 7 nitrogen and oxygen atoms in total. The van der Waals surface area contributed by atoms with E-state index in [1.165, 1.54) is 15.0 Å². The molecule has 1 aliphatic carbocycles. The topological polar surface area (TPSA) is 79.0 Å². The Morgan fingerprint density at radius 1 is 1.16 bits per heavy atom. The van der Waals surface area contributed by atoms with E-state index in [0.717, 1.165) is 19.3 Å². The van der Waals surface area contributed by atoms with Gasteiger partial charge in [0.2, 0.25) is 5.91 Å². The van der Waals surface area contributed by atoms with Crippen LogP contribution in [0, 0.1) is 17.8 Å². The summed E-state index contributed by atoms with van der Waals surface area (Å²) in [6.07, 6.45) is 4.76. The van der Waals surface area contributed by atoms with E-state index in [2.05, 4.69) is 19.2 Å². The Balaban J connectivity index is 1.69. The molecule has 2 aliphatic rings. The predicted octanol–water partition coefficient (Wildman–Crippen LogP) is 3.42. The molecule has 1 aromatic rings. The van der Waals surface area contributed by atoms with E-state index in [0.29, 0.717) is 42.8 Å². The van der Waals surface area contributed by atoms with Crippen LogP contribution >= 0.6 is 0 Å². The van der Waals surface area contributed by atoms with Crippen molar-refractivity contribution >= 4 is 21.8 Å². The van der Waals surface area contributed by atoms with E-state index in [4.69, 9.17) is 4.74 Å². The van der Waals surface area contributed by atoms with Gasteiger partial charge in [-0.05, 0) is 62.3 Å². The molecule has 1 N–H and O–H groups in total. The van der Waals surface area contributed by atoms with E-state index in [1.807, 2.05) is 6.92 Å². The van der Waals surface area contributed by atoms with Crippen LogP contribution in [0.4, 0.5) is 5.69 Å². The fraction of sp³-hybridized carbons (Fsp3) is 0.696. The molecule has 8 heteroatoms. The Morgan fingerprint density at radius 3 is 2.52 bits per heavy atom. The molecule has 4 atom stereocenters. The third kappa shape index (κ3) is 5.34. The van der Waals surface area contributed by atoms with Gasteiger partial charge in [0.1, 0.15) is 5.75 Å². The molecule has 0 spiro atoms. The summed E-state index contributed by atoms with van der Waals surface area (Å²) in [6, 6.07) is 7.20. The number of rotatable bonds is 7. The molecule has 31 heavy (non-hydrogen) atoms. The SMILES string of the molecule is CCN(c1ccc(OC)cc1)S(=O)(=O)N1CCCC(C(=O)NC2CCCC(C)C2C)C1. The molecule has 1 aliphatic heterocycles. The van der Waals surface area contributed by atoms with Gasteiger partial charge in [-0.2, -0.15) is 12.7 Å². The van der Waals surface area contributed by atoms with E-state index >= 15 is 0 Å². The number of anilines is 1. The molecule has 3 rings (SSSR count). The maximum absolute atomic E-state index is 13.4. The number of methoxy groups -OCH3 is 1. The highest BCUT2D eigenvalue weighted by Gasteiger charge is 2.37. The van der Waals surface area contributed by atoms with Gasteiger partial charge in [-0.25, -0.2) is 0 Å². The lowest BCUT2D eigenvalue weighted by Crippen LogP contribution is -2.52. The van der Waals surface area contributed by atoms with Gasteiger partial charge < -0.3 is 10.1 Å². The maximum Gasteiger partial charge on any atom is 0.304 e. The van der Waals surface area contributed by atoms with Crippen molar-refractivity contribution in [3.8, 4) is 5.75 Å². The smallest absolute Gasteiger partial charge is 0.304 e. The summed E-state index contributed by atoms with van der Waals surface area (Å²) in [5.41, 5.74) is 0.597. The molecule has 0 radical (unpaired) electrons. The number of piperidine rings is 1. The van der Waals surface area contributed by atoms with Crippen LogP contribution in [0.1, 0.15) is 52.9 Å². The first-order valence-corrected chi connectivity index (χ1v) is 12.9. The van der Waals surface area contributed by atoms with Gasteiger partial charge in [0.15, 0.2) is 0 Å². The monoisotopic (exact) mass is 451 g/mol. The Hall–Kier alpha value is -1.80. The van der Waals surface area contributed by atoms with Gasteiger partial charge in [-0.1, -0.05) is 26.7 Å². The summed E-state index contributed by atoms with van der Waals surface area (Å²) >= 11 is 0. The number of hydrogen-bond donors (Lipinski definition) is 1. The highest BCUT2D eigenvalue weighted by Crippen LogP contribution is 2.31. The molecule has 0 bridgehead atoms. The number of carbonyl (C=O) groups is 1. The molecule has 0 aromatic heterocycles. The van der Waals surface area contributed by atoms with Gasteiger partial charge in [-0.3, -0.25) is 9.10 Å². The fourth-order valence-corrected chi connectivity index (χ4v) is 6.54. The molecular weight excluding hydrogens is 414 g/mol. The molecule has 1 aromatic carbocycles. The number of hydrogen-bond acceptors (Lipinski definition) is 4. The minimum absolute atomic E-state index is 0.00153. The number of amides is 1. The number of benzene rings is 1. The van der Waals surface area contributed by atoms with E-state index in [-0.39, 0.29) is 24.4 Å². The zero-order valence-electron chi connectivity index (χ0n) is 19.2. The summed E-state index contributed by atoms with van der Waals surface area (Å²) < 4.78 is 34.9. The van der Waals surface area contributed by atoms with Crippen molar-refractivity contribution in [3.63, 3.8) is 0 Å². The number of ether oxygens (including phenoxy) is 1. The lowest BCUT2D eigenvalue weighted by atomic mass is 9.78. The zero-order valence-corrected chi connectivity index (χ0v) is 20.0. The van der Waals surface area contributed by atoms with Crippen LogP contribution in [0.25, 0.3) is 0 Å². The summed E-state index contributed by atoms with van der Waals surface area (Å²) in [6.45, 7) is 7.27. The van der Waals surface area contributed by atoms with Crippen molar-refractivity contribution < 1.29 is 17.9 Å². The van der Waals surface area contributed by atoms with Crippen molar-refractivity contribution in [2.24, 2.45) is 17.8 Å². The Morgan fingerprint density at radius 2 is 1.87 bits per heavy atom. The highest BCUT2D eigenvalue weighted by atomic mass is 32.2. The van der Waals surface area contributed by atoms with E-state index in [9.17, 15) is 13.2 Å². The minimum atomic E-state index is -3.72. The van der Waals surface area contributed by atoms with Crippen LogP contribution in [0.5, 0.6) is 5.75 Å². The molecule has 1 saturated carbocycles. The van der Waals surface area contributed by atoms with Crippen LogP contribution in [-0.2, 0) is 15.0 Å². The number of nitrogens with one attached hydrogen (secondary N) is 1. The zero-order chi connectivity index (χ0) is 22.6. The average Bonchev–Trinajstić information content (AvgIpc) is 2.77. The molecule has 2 fully saturated rings. The van der Waals surface area contributed by atoms with Crippen LogP contribution in [0.3, 0.4) is 0 Å². The van der Waals surface area contributed by atoms with Crippen molar-refractivity contribution in [1.29, 1.82) is 0 Å². The molecule has 174 valence electrons. The van der Waals surface area contributed by atoms with E-state index < -0.39 is 10.2 Å². The standard InChI is InChI=1S/C23H37N3O4S/c1-5-26(20-11-13-21(30-4)14-12-20)31(28,29)25-15-7-9-19(16-25)23(27)24-22-10-6-8-17(2)18(22)3/h11-14,17-19,22H,5-10,15-16H2,1-4H3,(H,24,27). The van der Waals surface area contributed by atoms with Crippen molar-refractivity contribution in [1.82, 2.24) is 9.62 Å². The van der Waals surface area contributed by atoms with Crippen LogP contribution in [-0.4, -0.2) is 51.4 Å². The van der Waals surface area contributed by atoms with Crippen molar-refractivity contribution in [2.75, 3.05) is 31.0 Å². The second-order valence-corrected chi connectivity index (χ2v) is 10.8. The van der Waals surface area contributed by atoms with Crippen molar-refractivity contribution in [3.05, 3.63) is 24.3 Å². The van der Waals surface area contributed by atoms with Crippen LogP contribution < -0.4 is 14.4 Å². The largest absolute Gasteiger partial charge is 0.497 e. The first kappa shape index (κ1) is 23.9. The Kier molecular flexibility index (Phi) is 7.86. The number of nitrogens with zero attached hydrogens (tertiary/aromatic N) is 2. The normalized spacial score (nSPS) is 27.5. The lowest BCUT2D eigenvalue weighted by molar-refractivity contribution is -0.127. The second kappa shape index (κ2) is 10.2. The second-order valence-electron chi connectivity index (χ2n) is 8.95. The van der Waals surface area contributed by atoms with Crippen LogP contribution in [0.2, 0.25) is 0 Å². The third-order valence-electron chi connectivity index (χ3n) is 7.04. The maximum atomic E-state index is 13.4. The number of carbonyl (C=O) groups excluding carboxylic acids is 1. The first-order chi connectivity index (χ1) is 14.8. The van der Waals surface area contributed by atoms with Gasteiger partial charge in [0.25, 0.3) is 0 Å². The molecule has 1 amide bonds. The quantitative estimate of drug-likeness (QED) is 0.689.